The van der Waals surface area contributed by atoms with Gasteiger partial charge in [0.1, 0.15) is 0 Å². The number of hydrogen-bond acceptors (Lipinski definition) is 5. The SMILES string of the molecule is Nc1ccc(Br)c(S(=O)(=O)NC(CO)CO)c1. The summed E-state index contributed by atoms with van der Waals surface area (Å²) in [5, 5.41) is 17.7. The van der Waals surface area contributed by atoms with E-state index in [-0.39, 0.29) is 4.90 Å². The number of nitrogens with one attached hydrogen (secondary N) is 1. The zero-order valence-corrected chi connectivity index (χ0v) is 11.2. The molecule has 6 nitrogen and oxygen atoms in total. The van der Waals surface area contributed by atoms with Gasteiger partial charge in [-0.3, -0.25) is 0 Å². The van der Waals surface area contributed by atoms with Crippen LogP contribution in [0.25, 0.3) is 0 Å². The smallest absolute Gasteiger partial charge is 0.242 e. The van der Waals surface area contributed by atoms with E-state index < -0.39 is 29.3 Å². The zero-order chi connectivity index (χ0) is 13.1. The van der Waals surface area contributed by atoms with Crippen LogP contribution in [0.3, 0.4) is 0 Å². The van der Waals surface area contributed by atoms with Gasteiger partial charge in [0, 0.05) is 10.2 Å². The van der Waals surface area contributed by atoms with Crippen LogP contribution >= 0.6 is 15.9 Å². The van der Waals surface area contributed by atoms with Gasteiger partial charge in [-0.15, -0.1) is 0 Å². The molecule has 0 unspecified atom stereocenters. The Balaban J connectivity index is 3.09. The Labute approximate surface area is 108 Å². The fraction of sp³-hybridized carbons (Fsp3) is 0.333. The van der Waals surface area contributed by atoms with Crippen molar-refractivity contribution < 1.29 is 18.6 Å². The van der Waals surface area contributed by atoms with Crippen molar-refractivity contribution in [2.75, 3.05) is 18.9 Å². The lowest BCUT2D eigenvalue weighted by molar-refractivity contribution is 0.185. The molecule has 0 spiro atoms. The van der Waals surface area contributed by atoms with Crippen molar-refractivity contribution in [1.82, 2.24) is 4.72 Å². The molecule has 0 saturated heterocycles. The molecule has 8 heteroatoms. The van der Waals surface area contributed by atoms with E-state index in [1.807, 2.05) is 0 Å². The third-order valence-electron chi connectivity index (χ3n) is 2.01. The summed E-state index contributed by atoms with van der Waals surface area (Å²) in [4.78, 5) is -0.0376. The first-order chi connectivity index (χ1) is 7.90. The minimum atomic E-state index is -3.83. The maximum Gasteiger partial charge on any atom is 0.242 e. The molecule has 17 heavy (non-hydrogen) atoms. The Bertz CT molecular complexity index is 488. The Morgan fingerprint density at radius 1 is 1.35 bits per heavy atom. The van der Waals surface area contributed by atoms with Gasteiger partial charge in [-0.1, -0.05) is 0 Å². The van der Waals surface area contributed by atoms with Gasteiger partial charge >= 0.3 is 0 Å². The number of hydrogen-bond donors (Lipinski definition) is 4. The van der Waals surface area contributed by atoms with E-state index in [1.165, 1.54) is 12.1 Å². The monoisotopic (exact) mass is 324 g/mol. The molecule has 1 rings (SSSR count). The minimum absolute atomic E-state index is 0.0376. The number of sulfonamides is 1. The number of nitrogen functional groups attached to an aromatic ring is 1. The first-order valence-corrected chi connectivity index (χ1v) is 6.97. The van der Waals surface area contributed by atoms with E-state index in [0.717, 1.165) is 0 Å². The van der Waals surface area contributed by atoms with Crippen LogP contribution in [0.2, 0.25) is 0 Å². The molecule has 0 aliphatic carbocycles. The standard InChI is InChI=1S/C9H13BrN2O4S/c10-8-2-1-6(11)3-9(8)17(15,16)12-7(4-13)5-14/h1-3,7,12-14H,4-5,11H2. The van der Waals surface area contributed by atoms with Gasteiger partial charge in [-0.25, -0.2) is 13.1 Å². The summed E-state index contributed by atoms with van der Waals surface area (Å²) >= 11 is 3.10. The van der Waals surface area contributed by atoms with Gasteiger partial charge in [-0.05, 0) is 34.1 Å². The van der Waals surface area contributed by atoms with Gasteiger partial charge in [-0.2, -0.15) is 0 Å². The highest BCUT2D eigenvalue weighted by Crippen LogP contribution is 2.24. The summed E-state index contributed by atoms with van der Waals surface area (Å²) in [6.07, 6.45) is 0. The topological polar surface area (TPSA) is 113 Å². The van der Waals surface area contributed by atoms with Crippen molar-refractivity contribution >= 4 is 31.6 Å². The lowest BCUT2D eigenvalue weighted by Gasteiger charge is -2.14. The van der Waals surface area contributed by atoms with Crippen LogP contribution in [0.4, 0.5) is 5.69 Å². The third kappa shape index (κ3) is 3.65. The highest BCUT2D eigenvalue weighted by molar-refractivity contribution is 9.10. The van der Waals surface area contributed by atoms with Crippen LogP contribution in [0.5, 0.6) is 0 Å². The Kier molecular flexibility index (Phi) is 4.90. The number of benzene rings is 1. The molecule has 0 amide bonds. The van der Waals surface area contributed by atoms with Crippen LogP contribution < -0.4 is 10.5 Å². The average molecular weight is 325 g/mol. The Morgan fingerprint density at radius 3 is 2.47 bits per heavy atom. The number of aliphatic hydroxyl groups excluding tert-OH is 2. The van der Waals surface area contributed by atoms with Gasteiger partial charge in [0.2, 0.25) is 10.0 Å². The molecular weight excluding hydrogens is 312 g/mol. The van der Waals surface area contributed by atoms with Crippen LogP contribution in [0.15, 0.2) is 27.6 Å². The van der Waals surface area contributed by atoms with E-state index in [1.54, 1.807) is 6.07 Å². The van der Waals surface area contributed by atoms with Crippen molar-refractivity contribution in [3.8, 4) is 0 Å². The predicted octanol–water partition coefficient (Wildman–Crippen LogP) is -0.337. The fourth-order valence-corrected chi connectivity index (χ4v) is 3.36. The number of aliphatic hydroxyl groups is 2. The molecule has 0 radical (unpaired) electrons. The highest BCUT2D eigenvalue weighted by atomic mass is 79.9. The summed E-state index contributed by atoms with van der Waals surface area (Å²) in [6.45, 7) is -0.981. The van der Waals surface area contributed by atoms with Gasteiger partial charge in [0.25, 0.3) is 0 Å². The molecule has 96 valence electrons. The predicted molar refractivity (Wildman–Crippen MR) is 66.8 cm³/mol. The quantitative estimate of drug-likeness (QED) is 0.554. The zero-order valence-electron chi connectivity index (χ0n) is 8.80. The second-order valence-corrected chi connectivity index (χ2v) is 5.91. The molecule has 1 aromatic rings. The van der Waals surface area contributed by atoms with E-state index in [4.69, 9.17) is 15.9 Å². The molecule has 0 bridgehead atoms. The van der Waals surface area contributed by atoms with E-state index >= 15 is 0 Å². The van der Waals surface area contributed by atoms with Crippen molar-refractivity contribution in [2.24, 2.45) is 0 Å². The second-order valence-electron chi connectivity index (χ2n) is 3.37. The lowest BCUT2D eigenvalue weighted by Crippen LogP contribution is -2.40. The summed E-state index contributed by atoms with van der Waals surface area (Å²) < 4.78 is 26.3. The Morgan fingerprint density at radius 2 is 1.94 bits per heavy atom. The maximum absolute atomic E-state index is 11.9. The lowest BCUT2D eigenvalue weighted by atomic mass is 10.3. The highest BCUT2D eigenvalue weighted by Gasteiger charge is 2.21. The normalized spacial score (nSPS) is 12.0. The average Bonchev–Trinajstić information content (AvgIpc) is 2.29. The largest absolute Gasteiger partial charge is 0.399 e. The first-order valence-electron chi connectivity index (χ1n) is 4.69. The van der Waals surface area contributed by atoms with Crippen molar-refractivity contribution in [3.63, 3.8) is 0 Å². The Hall–Kier alpha value is -0.670. The number of anilines is 1. The van der Waals surface area contributed by atoms with Crippen LogP contribution in [0.1, 0.15) is 0 Å². The number of rotatable bonds is 5. The molecule has 5 N–H and O–H groups in total. The first kappa shape index (κ1) is 14.4. The molecule has 0 fully saturated rings. The van der Waals surface area contributed by atoms with Crippen molar-refractivity contribution in [2.45, 2.75) is 10.9 Å². The van der Waals surface area contributed by atoms with E-state index in [0.29, 0.717) is 10.2 Å². The van der Waals surface area contributed by atoms with Crippen LogP contribution in [-0.2, 0) is 10.0 Å². The summed E-state index contributed by atoms with van der Waals surface area (Å²) in [5.41, 5.74) is 5.81. The molecular formula is C9H13BrN2O4S. The molecule has 0 aromatic heterocycles. The second kappa shape index (κ2) is 5.78. The fourth-order valence-electron chi connectivity index (χ4n) is 1.14. The summed E-state index contributed by atoms with van der Waals surface area (Å²) in [7, 11) is -3.83. The number of nitrogens with two attached hydrogens (primary N) is 1. The van der Waals surface area contributed by atoms with Crippen LogP contribution in [0, 0.1) is 0 Å². The molecule has 0 aliphatic rings. The maximum atomic E-state index is 11.9. The van der Waals surface area contributed by atoms with Gasteiger partial charge < -0.3 is 15.9 Å². The van der Waals surface area contributed by atoms with Crippen molar-refractivity contribution in [1.29, 1.82) is 0 Å². The number of halogens is 1. The molecule has 0 saturated carbocycles. The molecule has 0 atom stereocenters. The van der Waals surface area contributed by atoms with Gasteiger partial charge in [0.05, 0.1) is 24.2 Å². The molecule has 0 aliphatic heterocycles. The van der Waals surface area contributed by atoms with E-state index in [2.05, 4.69) is 20.7 Å². The summed E-state index contributed by atoms with van der Waals surface area (Å²) in [6, 6.07) is 3.42. The van der Waals surface area contributed by atoms with E-state index in [9.17, 15) is 8.42 Å². The molecule has 0 heterocycles. The third-order valence-corrected chi connectivity index (χ3v) is 4.52. The molecule has 1 aromatic carbocycles. The summed E-state index contributed by atoms with van der Waals surface area (Å²) in [5.74, 6) is 0. The minimum Gasteiger partial charge on any atom is -0.399 e. The van der Waals surface area contributed by atoms with Crippen LogP contribution in [-0.4, -0.2) is 37.9 Å². The van der Waals surface area contributed by atoms with Crippen molar-refractivity contribution in [3.05, 3.63) is 22.7 Å². The van der Waals surface area contributed by atoms with Gasteiger partial charge in [0.15, 0.2) is 0 Å².